The molecule has 9 heteroatoms. The highest BCUT2D eigenvalue weighted by Crippen LogP contribution is 2.30. The fourth-order valence-corrected chi connectivity index (χ4v) is 5.65. The predicted octanol–water partition coefficient (Wildman–Crippen LogP) is 0.829. The number of piperazine rings is 1. The van der Waals surface area contributed by atoms with Crippen molar-refractivity contribution in [2.24, 2.45) is 13.0 Å². The van der Waals surface area contributed by atoms with Crippen LogP contribution in [0.5, 0.6) is 0 Å². The monoisotopic (exact) mass is 454 g/mol. The fraction of sp³-hybridized carbons (Fsp3) is 0.625. The first-order chi connectivity index (χ1) is 16.0. The highest BCUT2D eigenvalue weighted by Gasteiger charge is 2.32. The van der Waals surface area contributed by atoms with Crippen molar-refractivity contribution >= 4 is 28.5 Å². The Morgan fingerprint density at radius 1 is 1.00 bits per heavy atom. The number of carbonyl (C=O) groups is 2. The molecule has 3 aliphatic heterocycles. The van der Waals surface area contributed by atoms with Crippen LogP contribution in [0.15, 0.2) is 23.0 Å². The van der Waals surface area contributed by atoms with Gasteiger partial charge in [0.25, 0.3) is 0 Å². The Balaban J connectivity index is 1.33. The van der Waals surface area contributed by atoms with Gasteiger partial charge in [-0.05, 0) is 63.4 Å². The van der Waals surface area contributed by atoms with Crippen LogP contribution in [0.25, 0.3) is 11.0 Å². The quantitative estimate of drug-likeness (QED) is 0.651. The maximum absolute atomic E-state index is 13.2. The van der Waals surface area contributed by atoms with Gasteiger partial charge in [0.1, 0.15) is 6.04 Å². The number of carbonyl (C=O) groups excluding carboxylic acids is 2. The fourth-order valence-electron chi connectivity index (χ4n) is 5.65. The number of para-hydroxylation sites is 1. The minimum Gasteiger partial charge on any atom is -0.367 e. The lowest BCUT2D eigenvalue weighted by Crippen LogP contribution is -2.47. The van der Waals surface area contributed by atoms with Crippen LogP contribution in [0.1, 0.15) is 38.1 Å². The molecule has 178 valence electrons. The van der Waals surface area contributed by atoms with Crippen LogP contribution in [-0.4, -0.2) is 71.7 Å². The van der Waals surface area contributed by atoms with Gasteiger partial charge in [-0.2, -0.15) is 0 Å². The van der Waals surface area contributed by atoms with E-state index in [1.54, 1.807) is 16.2 Å². The summed E-state index contributed by atoms with van der Waals surface area (Å²) in [6, 6.07) is 5.28. The van der Waals surface area contributed by atoms with Crippen LogP contribution in [0.3, 0.4) is 0 Å². The Kier molecular flexibility index (Phi) is 6.25. The van der Waals surface area contributed by atoms with Crippen LogP contribution >= 0.6 is 0 Å². The number of nitrogens with one attached hydrogen (secondary N) is 2. The van der Waals surface area contributed by atoms with E-state index in [9.17, 15) is 14.4 Å². The molecule has 2 amide bonds. The summed E-state index contributed by atoms with van der Waals surface area (Å²) in [6.45, 7) is 7.34. The van der Waals surface area contributed by atoms with E-state index in [0.29, 0.717) is 6.42 Å². The predicted molar refractivity (Wildman–Crippen MR) is 127 cm³/mol. The molecule has 1 aromatic heterocycles. The Labute approximate surface area is 193 Å². The van der Waals surface area contributed by atoms with Gasteiger partial charge in [0.05, 0.1) is 16.7 Å². The largest absolute Gasteiger partial charge is 0.367 e. The van der Waals surface area contributed by atoms with Gasteiger partial charge in [-0.15, -0.1) is 0 Å². The number of hydrogen-bond donors (Lipinski definition) is 2. The topological polar surface area (TPSA) is 91.6 Å². The van der Waals surface area contributed by atoms with Gasteiger partial charge in [0, 0.05) is 39.6 Å². The van der Waals surface area contributed by atoms with E-state index >= 15 is 0 Å². The first kappa shape index (κ1) is 22.2. The number of aryl methyl sites for hydroxylation is 1. The average Bonchev–Trinajstić information content (AvgIpc) is 3.09. The van der Waals surface area contributed by atoms with E-state index in [-0.39, 0.29) is 18.0 Å². The number of aromatic nitrogens is 2. The van der Waals surface area contributed by atoms with Gasteiger partial charge < -0.3 is 10.2 Å². The van der Waals surface area contributed by atoms with Crippen molar-refractivity contribution in [1.29, 1.82) is 0 Å². The third kappa shape index (κ3) is 4.31. The zero-order valence-corrected chi connectivity index (χ0v) is 19.4. The molecule has 0 aliphatic carbocycles. The van der Waals surface area contributed by atoms with Crippen molar-refractivity contribution in [3.05, 3.63) is 28.7 Å². The second kappa shape index (κ2) is 9.30. The maximum Gasteiger partial charge on any atom is 0.329 e. The molecule has 5 rings (SSSR count). The molecule has 33 heavy (non-hydrogen) atoms. The van der Waals surface area contributed by atoms with Gasteiger partial charge >= 0.3 is 5.69 Å². The summed E-state index contributed by atoms with van der Waals surface area (Å²) < 4.78 is 3.22. The highest BCUT2D eigenvalue weighted by molar-refractivity contribution is 6.00. The molecular formula is C24H34N6O3. The van der Waals surface area contributed by atoms with E-state index in [1.165, 1.54) is 19.3 Å². The smallest absolute Gasteiger partial charge is 0.329 e. The van der Waals surface area contributed by atoms with Crippen LogP contribution in [0, 0.1) is 5.92 Å². The van der Waals surface area contributed by atoms with Gasteiger partial charge in [-0.1, -0.05) is 6.07 Å². The number of amides is 2. The molecule has 2 N–H and O–H groups in total. The number of rotatable bonds is 5. The molecule has 3 aliphatic rings. The SMILES string of the molecule is Cn1c(=O)n(C2CCC(=O)NC2=O)c2cccc(N3CCN(CCC4CCNCC4)CC3)c21. The summed E-state index contributed by atoms with van der Waals surface area (Å²) in [6.07, 6.45) is 4.46. The molecule has 0 spiro atoms. The van der Waals surface area contributed by atoms with Crippen LogP contribution in [0.4, 0.5) is 5.69 Å². The molecule has 1 unspecified atom stereocenters. The third-order valence-electron chi connectivity index (χ3n) is 7.63. The van der Waals surface area contributed by atoms with E-state index in [4.69, 9.17) is 0 Å². The zero-order valence-electron chi connectivity index (χ0n) is 19.4. The molecule has 9 nitrogen and oxygen atoms in total. The molecule has 3 fully saturated rings. The molecule has 0 bridgehead atoms. The molecule has 4 heterocycles. The number of imidazole rings is 1. The number of piperidine rings is 2. The number of fused-ring (bicyclic) bond motifs is 1. The second-order valence-corrected chi connectivity index (χ2v) is 9.63. The molecule has 1 aromatic carbocycles. The average molecular weight is 455 g/mol. The Hall–Kier alpha value is -2.65. The lowest BCUT2D eigenvalue weighted by molar-refractivity contribution is -0.135. The molecule has 2 aromatic rings. The Bertz CT molecular complexity index is 1090. The number of hydrogen-bond acceptors (Lipinski definition) is 6. The standard InChI is InChI=1S/C24H34N6O3/c1-27-22-18(29-15-13-28(14-16-29)12-9-17-7-10-25-11-8-17)3-2-4-19(22)30(24(27)33)20-5-6-21(31)26-23(20)32/h2-4,17,20,25H,5-16H2,1H3,(H,26,31,32). The van der Waals surface area contributed by atoms with Crippen LogP contribution in [-0.2, 0) is 16.6 Å². The Morgan fingerprint density at radius 2 is 1.76 bits per heavy atom. The summed E-state index contributed by atoms with van der Waals surface area (Å²) in [4.78, 5) is 42.2. The molecule has 0 saturated carbocycles. The number of anilines is 1. The summed E-state index contributed by atoms with van der Waals surface area (Å²) in [5.41, 5.74) is 2.43. The Morgan fingerprint density at radius 3 is 2.48 bits per heavy atom. The molecule has 1 atom stereocenters. The minimum atomic E-state index is -0.652. The van der Waals surface area contributed by atoms with Crippen molar-refractivity contribution in [2.45, 2.75) is 38.1 Å². The van der Waals surface area contributed by atoms with Crippen molar-refractivity contribution in [2.75, 3.05) is 50.7 Å². The lowest BCUT2D eigenvalue weighted by Gasteiger charge is -2.37. The van der Waals surface area contributed by atoms with Gasteiger partial charge in [0.2, 0.25) is 11.8 Å². The first-order valence-corrected chi connectivity index (χ1v) is 12.2. The normalized spacial score (nSPS) is 23.3. The lowest BCUT2D eigenvalue weighted by atomic mass is 9.94. The number of imide groups is 1. The highest BCUT2D eigenvalue weighted by atomic mass is 16.2. The van der Waals surface area contributed by atoms with E-state index < -0.39 is 11.9 Å². The van der Waals surface area contributed by atoms with E-state index in [2.05, 4.69) is 26.5 Å². The summed E-state index contributed by atoms with van der Waals surface area (Å²) in [5.74, 6) is 0.177. The van der Waals surface area contributed by atoms with Crippen molar-refractivity contribution in [3.8, 4) is 0 Å². The zero-order chi connectivity index (χ0) is 22.9. The van der Waals surface area contributed by atoms with Gasteiger partial charge in [-0.25, -0.2) is 4.79 Å². The maximum atomic E-state index is 13.2. The first-order valence-electron chi connectivity index (χ1n) is 12.2. The third-order valence-corrected chi connectivity index (χ3v) is 7.63. The van der Waals surface area contributed by atoms with Crippen molar-refractivity contribution < 1.29 is 9.59 Å². The van der Waals surface area contributed by atoms with E-state index in [0.717, 1.165) is 68.5 Å². The second-order valence-electron chi connectivity index (χ2n) is 9.63. The molecule has 0 radical (unpaired) electrons. The van der Waals surface area contributed by atoms with Crippen LogP contribution < -0.4 is 21.2 Å². The van der Waals surface area contributed by atoms with E-state index in [1.807, 2.05) is 12.1 Å². The van der Waals surface area contributed by atoms with Gasteiger partial charge in [-0.3, -0.25) is 28.9 Å². The molecule has 3 saturated heterocycles. The number of nitrogens with zero attached hydrogens (tertiary/aromatic N) is 4. The van der Waals surface area contributed by atoms with Crippen LogP contribution in [0.2, 0.25) is 0 Å². The van der Waals surface area contributed by atoms with Crippen molar-refractivity contribution in [1.82, 2.24) is 24.7 Å². The summed E-state index contributed by atoms with van der Waals surface area (Å²) in [5, 5.41) is 5.82. The van der Waals surface area contributed by atoms with Crippen molar-refractivity contribution in [3.63, 3.8) is 0 Å². The summed E-state index contributed by atoms with van der Waals surface area (Å²) in [7, 11) is 1.77. The van der Waals surface area contributed by atoms with Gasteiger partial charge in [0.15, 0.2) is 0 Å². The summed E-state index contributed by atoms with van der Waals surface area (Å²) >= 11 is 0. The minimum absolute atomic E-state index is 0.215. The molecular weight excluding hydrogens is 420 g/mol. The number of benzene rings is 1.